The Balaban J connectivity index is 0.866. The first kappa shape index (κ1) is 39.3. The van der Waals surface area contributed by atoms with Crippen molar-refractivity contribution in [2.75, 3.05) is 0 Å². The zero-order valence-electron chi connectivity index (χ0n) is 37.9. The van der Waals surface area contributed by atoms with Gasteiger partial charge in [-0.2, -0.15) is 0 Å². The highest BCUT2D eigenvalue weighted by molar-refractivity contribution is 6.21. The first-order valence-electron chi connectivity index (χ1n) is 24.1. The Labute approximate surface area is 403 Å². The lowest BCUT2D eigenvalue weighted by molar-refractivity contribution is 0.794. The van der Waals surface area contributed by atoms with Crippen LogP contribution in [0.25, 0.3) is 111 Å². The van der Waals surface area contributed by atoms with Gasteiger partial charge in [0.15, 0.2) is 0 Å². The lowest BCUT2D eigenvalue weighted by atomic mass is 9.70. The number of benzene rings is 12. The minimum atomic E-state index is -0.401. The van der Waals surface area contributed by atoms with E-state index in [0.29, 0.717) is 0 Å². The smallest absolute Gasteiger partial charge is 0.0622 e. The van der Waals surface area contributed by atoms with Crippen molar-refractivity contribution < 1.29 is 0 Å². The van der Waals surface area contributed by atoms with Crippen molar-refractivity contribution in [1.82, 2.24) is 0 Å². The summed E-state index contributed by atoms with van der Waals surface area (Å²) in [6.45, 7) is 0. The molecule has 0 nitrogen and oxygen atoms in total. The van der Waals surface area contributed by atoms with Gasteiger partial charge in [0.05, 0.1) is 5.41 Å². The molecule has 0 heterocycles. The second-order valence-electron chi connectivity index (χ2n) is 18.7. The molecule has 12 aromatic carbocycles. The van der Waals surface area contributed by atoms with E-state index in [1.807, 2.05) is 0 Å². The summed E-state index contributed by atoms with van der Waals surface area (Å²) in [6.07, 6.45) is 0. The molecule has 2 aliphatic carbocycles. The Morgan fingerprint density at radius 1 is 0.174 bits per heavy atom. The molecule has 0 saturated carbocycles. The lowest BCUT2D eigenvalue weighted by Gasteiger charge is -2.30. The Morgan fingerprint density at radius 2 is 0.464 bits per heavy atom. The summed E-state index contributed by atoms with van der Waals surface area (Å²) in [4.78, 5) is 0. The quantitative estimate of drug-likeness (QED) is 0.146. The molecule has 0 heteroatoms. The largest absolute Gasteiger partial charge is 0.0725 e. The Hall–Kier alpha value is -8.84. The van der Waals surface area contributed by atoms with Gasteiger partial charge in [0, 0.05) is 0 Å². The topological polar surface area (TPSA) is 0 Å². The molecule has 320 valence electrons. The van der Waals surface area contributed by atoms with Crippen molar-refractivity contribution in [2.24, 2.45) is 0 Å². The molecule has 0 radical (unpaired) electrons. The van der Waals surface area contributed by atoms with E-state index in [4.69, 9.17) is 0 Å². The summed E-state index contributed by atoms with van der Waals surface area (Å²) in [6, 6.07) is 99.2. The normalized spacial score (nSPS) is 12.8. The molecule has 0 fully saturated rings. The van der Waals surface area contributed by atoms with Crippen molar-refractivity contribution in [3.8, 4) is 89.0 Å². The molecular weight excluding hydrogens is 829 g/mol. The highest BCUT2D eigenvalue weighted by Crippen LogP contribution is 2.63. The van der Waals surface area contributed by atoms with Crippen molar-refractivity contribution in [2.45, 2.75) is 5.41 Å². The fraction of sp³-hybridized carbons (Fsp3) is 0.0145. The van der Waals surface area contributed by atoms with E-state index >= 15 is 0 Å². The molecule has 1 spiro atoms. The van der Waals surface area contributed by atoms with Crippen LogP contribution < -0.4 is 0 Å². The van der Waals surface area contributed by atoms with Crippen LogP contribution in [0, 0.1) is 0 Å². The molecule has 2 aliphatic rings. The van der Waals surface area contributed by atoms with Crippen LogP contribution >= 0.6 is 0 Å². The molecule has 0 aliphatic heterocycles. The third-order valence-corrected chi connectivity index (χ3v) is 15.1. The first-order chi connectivity index (χ1) is 34.2. The van der Waals surface area contributed by atoms with Gasteiger partial charge in [-0.3, -0.25) is 0 Å². The van der Waals surface area contributed by atoms with Gasteiger partial charge in [-0.25, -0.2) is 0 Å². The van der Waals surface area contributed by atoms with Gasteiger partial charge >= 0.3 is 0 Å². The molecule has 0 bridgehead atoms. The van der Waals surface area contributed by atoms with Crippen LogP contribution in [-0.2, 0) is 5.41 Å². The summed E-state index contributed by atoms with van der Waals surface area (Å²) in [5.74, 6) is 0. The maximum absolute atomic E-state index is 2.53. The molecule has 0 amide bonds. The van der Waals surface area contributed by atoms with E-state index in [0.717, 1.165) is 0 Å². The summed E-state index contributed by atoms with van der Waals surface area (Å²) < 4.78 is 0. The van der Waals surface area contributed by atoms with Crippen LogP contribution in [0.2, 0.25) is 0 Å². The number of hydrogen-bond donors (Lipinski definition) is 0. The average Bonchev–Trinajstić information content (AvgIpc) is 3.90. The van der Waals surface area contributed by atoms with E-state index in [9.17, 15) is 0 Å². The third-order valence-electron chi connectivity index (χ3n) is 15.1. The summed E-state index contributed by atoms with van der Waals surface area (Å²) in [7, 11) is 0. The third kappa shape index (κ3) is 6.02. The second-order valence-corrected chi connectivity index (χ2v) is 18.7. The van der Waals surface area contributed by atoms with Crippen molar-refractivity contribution in [1.29, 1.82) is 0 Å². The molecule has 0 atom stereocenters. The van der Waals surface area contributed by atoms with Gasteiger partial charge in [-0.15, -0.1) is 0 Å². The highest BCUT2D eigenvalue weighted by atomic mass is 14.5. The number of rotatable bonds is 6. The lowest BCUT2D eigenvalue weighted by Crippen LogP contribution is -2.25. The standard InChI is InChI=1S/C69H44/c1-3-17-45(18-4-1)52-41-53(46-19-5-2-6-20-46)43-54(42-52)49-33-31-47(32-34-49)48-35-37-50(38-36-48)67-59-24-7-9-26-61(59)68(62-27-10-8-25-60(62)67)51-39-40-58-57-23-13-16-30-65(57)69(66(58)44-51)63-28-14-11-21-55(63)56-22-12-15-29-64(56)69/h1-44H. The van der Waals surface area contributed by atoms with E-state index in [-0.39, 0.29) is 0 Å². The molecule has 14 rings (SSSR count). The molecule has 0 saturated heterocycles. The van der Waals surface area contributed by atoms with Crippen LogP contribution in [0.5, 0.6) is 0 Å². The van der Waals surface area contributed by atoms with E-state index in [1.165, 1.54) is 133 Å². The average molecular weight is 873 g/mol. The van der Waals surface area contributed by atoms with E-state index in [1.54, 1.807) is 0 Å². The molecular formula is C69H44. The summed E-state index contributed by atoms with van der Waals surface area (Å²) in [5.41, 5.74) is 25.0. The van der Waals surface area contributed by atoms with E-state index in [2.05, 4.69) is 267 Å². The number of hydrogen-bond acceptors (Lipinski definition) is 0. The van der Waals surface area contributed by atoms with Crippen molar-refractivity contribution in [3.05, 3.63) is 289 Å². The molecule has 69 heavy (non-hydrogen) atoms. The SMILES string of the molecule is c1ccc(-c2cc(-c3ccccc3)cc(-c3ccc(-c4ccc(-c5c6ccccc6c(-c6ccc7c(c6)C6(c8ccccc8-c8ccccc86)c6ccccc6-7)c6ccccc56)cc4)cc3)c2)cc1. The van der Waals surface area contributed by atoms with Gasteiger partial charge in [0.1, 0.15) is 0 Å². The fourth-order valence-electron chi connectivity index (χ4n) is 12.1. The maximum Gasteiger partial charge on any atom is 0.0725 e. The van der Waals surface area contributed by atoms with Gasteiger partial charge < -0.3 is 0 Å². The first-order valence-corrected chi connectivity index (χ1v) is 24.1. The molecule has 0 aromatic heterocycles. The van der Waals surface area contributed by atoms with Gasteiger partial charge in [0.25, 0.3) is 0 Å². The fourth-order valence-corrected chi connectivity index (χ4v) is 12.1. The van der Waals surface area contributed by atoms with Crippen LogP contribution in [0.1, 0.15) is 22.3 Å². The van der Waals surface area contributed by atoms with Crippen LogP contribution in [0.3, 0.4) is 0 Å². The Bertz CT molecular complexity index is 3790. The predicted molar refractivity (Wildman–Crippen MR) is 290 cm³/mol. The van der Waals surface area contributed by atoms with Gasteiger partial charge in [0.2, 0.25) is 0 Å². The zero-order chi connectivity index (χ0) is 45.5. The second kappa shape index (κ2) is 15.6. The van der Waals surface area contributed by atoms with Crippen LogP contribution in [0.15, 0.2) is 267 Å². The zero-order valence-corrected chi connectivity index (χ0v) is 37.9. The molecule has 0 unspecified atom stereocenters. The van der Waals surface area contributed by atoms with Crippen molar-refractivity contribution >= 4 is 21.5 Å². The minimum absolute atomic E-state index is 0.401. The predicted octanol–water partition coefficient (Wildman–Crippen LogP) is 18.3. The van der Waals surface area contributed by atoms with E-state index < -0.39 is 5.41 Å². The molecule has 0 N–H and O–H groups in total. The monoisotopic (exact) mass is 872 g/mol. The van der Waals surface area contributed by atoms with Gasteiger partial charge in [-0.05, 0) is 157 Å². The summed E-state index contributed by atoms with van der Waals surface area (Å²) in [5, 5.41) is 5.03. The number of fused-ring (bicyclic) bond motifs is 12. The highest BCUT2D eigenvalue weighted by Gasteiger charge is 2.51. The van der Waals surface area contributed by atoms with Crippen LogP contribution in [0.4, 0.5) is 0 Å². The Morgan fingerprint density at radius 3 is 0.884 bits per heavy atom. The summed E-state index contributed by atoms with van der Waals surface area (Å²) >= 11 is 0. The maximum atomic E-state index is 2.53. The van der Waals surface area contributed by atoms with Crippen LogP contribution in [-0.4, -0.2) is 0 Å². The minimum Gasteiger partial charge on any atom is -0.0622 e. The molecule has 12 aromatic rings. The Kier molecular flexibility index (Phi) is 8.91. The van der Waals surface area contributed by atoms with Gasteiger partial charge in [-0.1, -0.05) is 243 Å². The van der Waals surface area contributed by atoms with Crippen molar-refractivity contribution in [3.63, 3.8) is 0 Å².